The number of ether oxygens (including phenoxy) is 1. The zero-order valence-electron chi connectivity index (χ0n) is 7.48. The molecule has 0 N–H and O–H groups in total. The molecule has 1 aromatic heterocycles. The minimum atomic E-state index is 0.175. The third-order valence-electron chi connectivity index (χ3n) is 2.23. The van der Waals surface area contributed by atoms with E-state index in [1.807, 2.05) is 13.2 Å². The van der Waals surface area contributed by atoms with Crippen LogP contribution in [0.3, 0.4) is 0 Å². The number of alkyl halides is 1. The van der Waals surface area contributed by atoms with E-state index in [1.165, 1.54) is 0 Å². The summed E-state index contributed by atoms with van der Waals surface area (Å²) in [6.07, 6.45) is 4.73. The second kappa shape index (κ2) is 3.91. The molecule has 1 aromatic rings. The number of halogens is 1. The molecule has 0 aromatic carbocycles. The Balaban J connectivity index is 2.03. The van der Waals surface area contributed by atoms with Crippen LogP contribution >= 0.6 is 22.6 Å². The minimum absolute atomic E-state index is 0.175. The van der Waals surface area contributed by atoms with E-state index in [-0.39, 0.29) is 6.10 Å². The predicted octanol–water partition coefficient (Wildman–Crippen LogP) is 1.47. The van der Waals surface area contributed by atoms with E-state index in [1.54, 1.807) is 4.68 Å². The molecule has 4 nitrogen and oxygen atoms in total. The standard InChI is InChI=1S/C8H12IN3O/c1-12-5-7(10-11-12)8-3-2-6(4-9)13-8/h5-6,8H,2-4H2,1H3. The Morgan fingerprint density at radius 2 is 2.54 bits per heavy atom. The lowest BCUT2D eigenvalue weighted by Gasteiger charge is -2.08. The average Bonchev–Trinajstić information content (AvgIpc) is 2.71. The zero-order valence-corrected chi connectivity index (χ0v) is 9.64. The predicted molar refractivity (Wildman–Crippen MR) is 56.7 cm³/mol. The van der Waals surface area contributed by atoms with Gasteiger partial charge in [0.25, 0.3) is 0 Å². The first-order valence-corrected chi connectivity index (χ1v) is 5.90. The van der Waals surface area contributed by atoms with Crippen LogP contribution in [0.1, 0.15) is 24.6 Å². The SMILES string of the molecule is Cn1cc(C2CCC(CI)O2)nn1. The largest absolute Gasteiger partial charge is 0.368 e. The molecule has 1 aliphatic heterocycles. The molecule has 0 radical (unpaired) electrons. The Bertz CT molecular complexity index is 289. The summed E-state index contributed by atoms with van der Waals surface area (Å²) >= 11 is 2.36. The van der Waals surface area contributed by atoms with Crippen molar-refractivity contribution >= 4 is 22.6 Å². The summed E-state index contributed by atoms with van der Waals surface area (Å²) in [6.45, 7) is 0. The molecule has 0 saturated carbocycles. The molecule has 2 atom stereocenters. The van der Waals surface area contributed by atoms with Gasteiger partial charge < -0.3 is 4.74 Å². The van der Waals surface area contributed by atoms with Crippen LogP contribution in [0.5, 0.6) is 0 Å². The average molecular weight is 293 g/mol. The van der Waals surface area contributed by atoms with Crippen LogP contribution in [0.4, 0.5) is 0 Å². The van der Waals surface area contributed by atoms with Gasteiger partial charge in [0.2, 0.25) is 0 Å². The van der Waals surface area contributed by atoms with Crippen LogP contribution in [-0.4, -0.2) is 25.5 Å². The molecule has 13 heavy (non-hydrogen) atoms. The second-order valence-electron chi connectivity index (χ2n) is 3.30. The van der Waals surface area contributed by atoms with E-state index >= 15 is 0 Å². The first kappa shape index (κ1) is 9.39. The minimum Gasteiger partial charge on any atom is -0.368 e. The van der Waals surface area contributed by atoms with Crippen molar-refractivity contribution in [2.24, 2.45) is 7.05 Å². The van der Waals surface area contributed by atoms with Crippen LogP contribution in [0.25, 0.3) is 0 Å². The van der Waals surface area contributed by atoms with Gasteiger partial charge in [0.05, 0.1) is 12.3 Å². The van der Waals surface area contributed by atoms with Crippen molar-refractivity contribution < 1.29 is 4.74 Å². The lowest BCUT2D eigenvalue weighted by molar-refractivity contribution is 0.0571. The first-order valence-electron chi connectivity index (χ1n) is 4.37. The van der Waals surface area contributed by atoms with E-state index in [0.717, 1.165) is 23.0 Å². The Kier molecular flexibility index (Phi) is 2.83. The van der Waals surface area contributed by atoms with Crippen molar-refractivity contribution in [2.75, 3.05) is 4.43 Å². The van der Waals surface area contributed by atoms with Gasteiger partial charge in [0, 0.05) is 11.5 Å². The van der Waals surface area contributed by atoms with Crippen molar-refractivity contribution in [3.8, 4) is 0 Å². The highest BCUT2D eigenvalue weighted by Gasteiger charge is 2.27. The fourth-order valence-electron chi connectivity index (χ4n) is 1.55. The van der Waals surface area contributed by atoms with Crippen LogP contribution in [0.15, 0.2) is 6.20 Å². The highest BCUT2D eigenvalue weighted by atomic mass is 127. The van der Waals surface area contributed by atoms with Crippen LogP contribution in [0.2, 0.25) is 0 Å². The third-order valence-corrected chi connectivity index (χ3v) is 3.21. The van der Waals surface area contributed by atoms with Crippen LogP contribution < -0.4 is 0 Å². The Hall–Kier alpha value is -0.170. The van der Waals surface area contributed by atoms with E-state index < -0.39 is 0 Å². The number of aromatic nitrogens is 3. The second-order valence-corrected chi connectivity index (χ2v) is 4.18. The van der Waals surface area contributed by atoms with Crippen molar-refractivity contribution in [1.82, 2.24) is 15.0 Å². The molecule has 2 heterocycles. The zero-order chi connectivity index (χ0) is 9.26. The van der Waals surface area contributed by atoms with Gasteiger partial charge in [-0.15, -0.1) is 5.10 Å². The number of hydrogen-bond donors (Lipinski definition) is 0. The summed E-state index contributed by atoms with van der Waals surface area (Å²) in [5.41, 5.74) is 0.967. The van der Waals surface area contributed by atoms with E-state index in [9.17, 15) is 0 Å². The highest BCUT2D eigenvalue weighted by molar-refractivity contribution is 14.1. The molecule has 0 spiro atoms. The maximum absolute atomic E-state index is 5.79. The van der Waals surface area contributed by atoms with Gasteiger partial charge in [-0.3, -0.25) is 4.68 Å². The maximum Gasteiger partial charge on any atom is 0.111 e. The van der Waals surface area contributed by atoms with Crippen molar-refractivity contribution in [3.05, 3.63) is 11.9 Å². The smallest absolute Gasteiger partial charge is 0.111 e. The summed E-state index contributed by atoms with van der Waals surface area (Å²) in [5.74, 6) is 0. The normalized spacial score (nSPS) is 28.2. The number of rotatable bonds is 2. The van der Waals surface area contributed by atoms with Crippen LogP contribution in [0, 0.1) is 0 Å². The summed E-state index contributed by atoms with van der Waals surface area (Å²) in [5, 5.41) is 7.95. The number of hydrogen-bond acceptors (Lipinski definition) is 3. The van der Waals surface area contributed by atoms with E-state index in [0.29, 0.717) is 6.10 Å². The van der Waals surface area contributed by atoms with Crippen molar-refractivity contribution in [2.45, 2.75) is 25.0 Å². The molecule has 0 aliphatic carbocycles. The van der Waals surface area contributed by atoms with Gasteiger partial charge in [-0.25, -0.2) is 0 Å². The molecule has 2 unspecified atom stereocenters. The van der Waals surface area contributed by atoms with Gasteiger partial charge >= 0.3 is 0 Å². The fraction of sp³-hybridized carbons (Fsp3) is 0.750. The Labute approximate surface area is 90.8 Å². The van der Waals surface area contributed by atoms with Crippen molar-refractivity contribution in [1.29, 1.82) is 0 Å². The summed E-state index contributed by atoms with van der Waals surface area (Å²) in [7, 11) is 1.88. The lowest BCUT2D eigenvalue weighted by atomic mass is 10.2. The van der Waals surface area contributed by atoms with E-state index in [2.05, 4.69) is 32.9 Å². The number of nitrogens with zero attached hydrogens (tertiary/aromatic N) is 3. The van der Waals surface area contributed by atoms with Gasteiger partial charge in [0.1, 0.15) is 11.8 Å². The topological polar surface area (TPSA) is 39.9 Å². The molecule has 1 aliphatic rings. The summed E-state index contributed by atoms with van der Waals surface area (Å²) < 4.78 is 8.57. The maximum atomic E-state index is 5.79. The highest BCUT2D eigenvalue weighted by Crippen LogP contribution is 2.31. The molecular formula is C8H12IN3O. The van der Waals surface area contributed by atoms with Gasteiger partial charge in [-0.2, -0.15) is 0 Å². The van der Waals surface area contributed by atoms with Crippen molar-refractivity contribution in [3.63, 3.8) is 0 Å². The Morgan fingerprint density at radius 3 is 3.08 bits per heavy atom. The summed E-state index contributed by atoms with van der Waals surface area (Å²) in [6, 6.07) is 0. The molecule has 2 rings (SSSR count). The van der Waals surface area contributed by atoms with E-state index in [4.69, 9.17) is 4.74 Å². The molecule has 5 heteroatoms. The van der Waals surface area contributed by atoms with Gasteiger partial charge in [-0.1, -0.05) is 27.8 Å². The third kappa shape index (κ3) is 2.01. The first-order chi connectivity index (χ1) is 6.29. The van der Waals surface area contributed by atoms with Crippen LogP contribution in [-0.2, 0) is 11.8 Å². The quantitative estimate of drug-likeness (QED) is 0.612. The monoisotopic (exact) mass is 293 g/mol. The summed E-state index contributed by atoms with van der Waals surface area (Å²) in [4.78, 5) is 0. The molecule has 1 saturated heterocycles. The van der Waals surface area contributed by atoms with Gasteiger partial charge in [0.15, 0.2) is 0 Å². The molecule has 1 fully saturated rings. The molecular weight excluding hydrogens is 281 g/mol. The molecule has 0 bridgehead atoms. The molecule has 0 amide bonds. The molecule has 72 valence electrons. The lowest BCUT2D eigenvalue weighted by Crippen LogP contribution is -2.07. The number of aryl methyl sites for hydroxylation is 1. The fourth-order valence-corrected chi connectivity index (χ4v) is 2.20. The Morgan fingerprint density at radius 1 is 1.69 bits per heavy atom. The van der Waals surface area contributed by atoms with Gasteiger partial charge in [-0.05, 0) is 12.8 Å².